The molecule has 3 nitrogen and oxygen atoms in total. The van der Waals surface area contributed by atoms with Gasteiger partial charge in [0.2, 0.25) is 5.28 Å². The summed E-state index contributed by atoms with van der Waals surface area (Å²) in [6.07, 6.45) is -0.136. The molecular formula is C14H21ClF3N3. The molecular weight excluding hydrogens is 303 g/mol. The van der Waals surface area contributed by atoms with Crippen molar-refractivity contribution in [2.45, 2.75) is 52.6 Å². The SMILES string of the molecule is CCCCCC(C)(C)CNc1cc(C(F)(F)F)nc(Cl)n1. The molecule has 0 aliphatic rings. The van der Waals surface area contributed by atoms with Crippen LogP contribution in [0.5, 0.6) is 0 Å². The van der Waals surface area contributed by atoms with Crippen LogP contribution in [0.3, 0.4) is 0 Å². The average Bonchev–Trinajstić information content (AvgIpc) is 2.35. The van der Waals surface area contributed by atoms with E-state index in [4.69, 9.17) is 11.6 Å². The first-order chi connectivity index (χ1) is 9.64. The van der Waals surface area contributed by atoms with Gasteiger partial charge in [0.25, 0.3) is 0 Å². The standard InChI is InChI=1S/C14H21ClF3N3/c1-4-5-6-7-13(2,3)9-19-11-8-10(14(16,17)18)20-12(15)21-11/h8H,4-7,9H2,1-3H3,(H,19,20,21). The third-order valence-corrected chi connectivity index (χ3v) is 3.36. The number of unbranched alkanes of at least 4 members (excludes halogenated alkanes) is 2. The fourth-order valence-electron chi connectivity index (χ4n) is 1.93. The Hall–Kier alpha value is -1.04. The van der Waals surface area contributed by atoms with E-state index in [-0.39, 0.29) is 11.2 Å². The van der Waals surface area contributed by atoms with E-state index in [1.54, 1.807) is 0 Å². The van der Waals surface area contributed by atoms with Crippen molar-refractivity contribution in [3.05, 3.63) is 17.0 Å². The van der Waals surface area contributed by atoms with Crippen molar-refractivity contribution in [1.82, 2.24) is 9.97 Å². The maximum Gasteiger partial charge on any atom is 0.433 e. The molecule has 1 aromatic rings. The maximum atomic E-state index is 12.7. The summed E-state index contributed by atoms with van der Waals surface area (Å²) in [5.74, 6) is 0.103. The highest BCUT2D eigenvalue weighted by molar-refractivity contribution is 6.28. The van der Waals surface area contributed by atoms with Gasteiger partial charge in [-0.2, -0.15) is 13.2 Å². The predicted octanol–water partition coefficient (Wildman–Crippen LogP) is 5.17. The maximum absolute atomic E-state index is 12.7. The Balaban J connectivity index is 2.69. The number of nitrogens with zero attached hydrogens (tertiary/aromatic N) is 2. The molecule has 1 heterocycles. The molecule has 0 spiro atoms. The minimum Gasteiger partial charge on any atom is -0.369 e. The smallest absolute Gasteiger partial charge is 0.369 e. The summed E-state index contributed by atoms with van der Waals surface area (Å²) in [5, 5.41) is 2.52. The van der Waals surface area contributed by atoms with E-state index in [1.807, 2.05) is 0 Å². The molecule has 0 unspecified atom stereocenters. The summed E-state index contributed by atoms with van der Waals surface area (Å²) < 4.78 is 38.0. The number of aromatic nitrogens is 2. The van der Waals surface area contributed by atoms with Crippen molar-refractivity contribution in [2.75, 3.05) is 11.9 Å². The molecule has 0 amide bonds. The second kappa shape index (κ2) is 7.29. The topological polar surface area (TPSA) is 37.8 Å². The highest BCUT2D eigenvalue weighted by Crippen LogP contribution is 2.30. The van der Waals surface area contributed by atoms with Gasteiger partial charge in [-0.1, -0.05) is 40.0 Å². The molecule has 0 aliphatic carbocycles. The summed E-state index contributed by atoms with van der Waals surface area (Å²) in [6, 6.07) is 0.883. The molecule has 0 saturated carbocycles. The van der Waals surface area contributed by atoms with E-state index in [9.17, 15) is 13.2 Å². The highest BCUT2D eigenvalue weighted by Gasteiger charge is 2.33. The molecule has 0 radical (unpaired) electrons. The minimum atomic E-state index is -4.53. The van der Waals surface area contributed by atoms with Gasteiger partial charge >= 0.3 is 6.18 Å². The molecule has 0 bridgehead atoms. The number of nitrogens with one attached hydrogen (secondary N) is 1. The van der Waals surface area contributed by atoms with Crippen molar-refractivity contribution in [2.24, 2.45) is 5.41 Å². The lowest BCUT2D eigenvalue weighted by Crippen LogP contribution is -2.24. The third kappa shape index (κ3) is 6.50. The van der Waals surface area contributed by atoms with E-state index >= 15 is 0 Å². The van der Waals surface area contributed by atoms with Crippen LogP contribution >= 0.6 is 11.6 Å². The lowest BCUT2D eigenvalue weighted by atomic mass is 9.87. The third-order valence-electron chi connectivity index (χ3n) is 3.19. The fourth-order valence-corrected chi connectivity index (χ4v) is 2.11. The Bertz CT molecular complexity index is 461. The van der Waals surface area contributed by atoms with Gasteiger partial charge in [0.05, 0.1) is 0 Å². The number of halogens is 4. The van der Waals surface area contributed by atoms with Gasteiger partial charge in [0.1, 0.15) is 5.82 Å². The Morgan fingerprint density at radius 3 is 2.43 bits per heavy atom. The zero-order chi connectivity index (χ0) is 16.1. The van der Waals surface area contributed by atoms with Crippen molar-refractivity contribution in [3.63, 3.8) is 0 Å². The Labute approximate surface area is 128 Å². The van der Waals surface area contributed by atoms with Crippen molar-refractivity contribution in [3.8, 4) is 0 Å². The molecule has 0 aliphatic heterocycles. The fraction of sp³-hybridized carbons (Fsp3) is 0.714. The normalized spacial score (nSPS) is 12.5. The van der Waals surface area contributed by atoms with E-state index in [1.165, 1.54) is 0 Å². The van der Waals surface area contributed by atoms with Crippen LogP contribution in [0, 0.1) is 5.41 Å². The zero-order valence-corrected chi connectivity index (χ0v) is 13.3. The Morgan fingerprint density at radius 1 is 1.19 bits per heavy atom. The molecule has 0 atom stereocenters. The summed E-state index contributed by atoms with van der Waals surface area (Å²) >= 11 is 5.55. The molecule has 1 aromatic heterocycles. The van der Waals surface area contributed by atoms with Crippen LogP contribution < -0.4 is 5.32 Å². The Kier molecular flexibility index (Phi) is 6.25. The Morgan fingerprint density at radius 2 is 1.86 bits per heavy atom. The molecule has 120 valence electrons. The van der Waals surface area contributed by atoms with Gasteiger partial charge in [0.15, 0.2) is 5.69 Å². The summed E-state index contributed by atoms with van der Waals surface area (Å²) in [7, 11) is 0. The quantitative estimate of drug-likeness (QED) is 0.556. The highest BCUT2D eigenvalue weighted by atomic mass is 35.5. The molecule has 21 heavy (non-hydrogen) atoms. The van der Waals surface area contributed by atoms with Crippen molar-refractivity contribution < 1.29 is 13.2 Å². The first kappa shape index (κ1) is 18.0. The molecule has 0 fully saturated rings. The first-order valence-corrected chi connectivity index (χ1v) is 7.37. The molecule has 7 heteroatoms. The van der Waals surface area contributed by atoms with Crippen LogP contribution in [0.2, 0.25) is 5.28 Å². The molecule has 0 aromatic carbocycles. The van der Waals surface area contributed by atoms with Crippen LogP contribution in [-0.4, -0.2) is 16.5 Å². The van der Waals surface area contributed by atoms with Crippen LogP contribution in [-0.2, 0) is 6.18 Å². The molecule has 0 saturated heterocycles. The van der Waals surface area contributed by atoms with Gasteiger partial charge in [-0.15, -0.1) is 0 Å². The lowest BCUT2D eigenvalue weighted by molar-refractivity contribution is -0.141. The van der Waals surface area contributed by atoms with E-state index in [0.717, 1.165) is 31.7 Å². The summed E-state index contributed by atoms with van der Waals surface area (Å²) in [6.45, 7) is 6.81. The van der Waals surface area contributed by atoms with Gasteiger partial charge in [-0.05, 0) is 23.4 Å². The average molecular weight is 324 g/mol. The second-order valence-electron chi connectivity index (χ2n) is 5.88. The number of hydrogen-bond donors (Lipinski definition) is 1. The van der Waals surface area contributed by atoms with Gasteiger partial charge in [0, 0.05) is 12.6 Å². The van der Waals surface area contributed by atoms with Gasteiger partial charge in [-0.3, -0.25) is 0 Å². The van der Waals surface area contributed by atoms with Crippen LogP contribution in [0.1, 0.15) is 52.1 Å². The largest absolute Gasteiger partial charge is 0.433 e. The lowest BCUT2D eigenvalue weighted by Gasteiger charge is -2.25. The second-order valence-corrected chi connectivity index (χ2v) is 6.22. The molecule has 1 rings (SSSR count). The van der Waals surface area contributed by atoms with Gasteiger partial charge < -0.3 is 5.32 Å². The van der Waals surface area contributed by atoms with Crippen LogP contribution in [0.15, 0.2) is 6.07 Å². The minimum absolute atomic E-state index is 0.0228. The van der Waals surface area contributed by atoms with E-state index in [0.29, 0.717) is 6.54 Å². The van der Waals surface area contributed by atoms with Crippen LogP contribution in [0.4, 0.5) is 19.0 Å². The van der Waals surface area contributed by atoms with Crippen molar-refractivity contribution >= 4 is 17.4 Å². The number of hydrogen-bond acceptors (Lipinski definition) is 3. The van der Waals surface area contributed by atoms with Crippen LogP contribution in [0.25, 0.3) is 0 Å². The van der Waals surface area contributed by atoms with E-state index in [2.05, 4.69) is 36.1 Å². The zero-order valence-electron chi connectivity index (χ0n) is 12.5. The number of rotatable bonds is 7. The first-order valence-electron chi connectivity index (χ1n) is 7.00. The number of alkyl halides is 3. The summed E-state index contributed by atoms with van der Waals surface area (Å²) in [4.78, 5) is 6.99. The molecule has 1 N–H and O–H groups in total. The van der Waals surface area contributed by atoms with Crippen molar-refractivity contribution in [1.29, 1.82) is 0 Å². The number of anilines is 1. The summed E-state index contributed by atoms with van der Waals surface area (Å²) in [5.41, 5.74) is -1.06. The van der Waals surface area contributed by atoms with Gasteiger partial charge in [-0.25, -0.2) is 9.97 Å². The van der Waals surface area contributed by atoms with E-state index < -0.39 is 17.2 Å². The monoisotopic (exact) mass is 323 g/mol. The predicted molar refractivity (Wildman–Crippen MR) is 78.5 cm³/mol.